The van der Waals surface area contributed by atoms with E-state index in [1.807, 2.05) is 17.8 Å². The number of anilines is 1. The summed E-state index contributed by atoms with van der Waals surface area (Å²) in [6.07, 6.45) is 6.72. The molecule has 0 radical (unpaired) electrons. The van der Waals surface area contributed by atoms with Gasteiger partial charge in [0.1, 0.15) is 11.2 Å². The number of carbonyl (C=O) groups is 2. The number of benzene rings is 1. The number of nitrogens with zero attached hydrogens (tertiary/aromatic N) is 4. The van der Waals surface area contributed by atoms with Gasteiger partial charge in [-0.25, -0.2) is 9.31 Å². The summed E-state index contributed by atoms with van der Waals surface area (Å²) in [6, 6.07) is 5.14. The predicted octanol–water partition coefficient (Wildman–Crippen LogP) is 3.71. The number of alkyl halides is 3. The van der Waals surface area contributed by atoms with Crippen LogP contribution in [0.25, 0.3) is 5.65 Å². The Morgan fingerprint density at radius 1 is 1.21 bits per heavy atom. The number of aryl methyl sites for hydroxylation is 1. The van der Waals surface area contributed by atoms with Gasteiger partial charge in [-0.3, -0.25) is 4.79 Å². The Morgan fingerprint density at radius 3 is 2.70 bits per heavy atom. The standard InChI is InChI=1S/C21H21F3N6O2S/c1-28-5-6-30-17(28)16(10-25-30)18(31)29-11-20(12-29)8-14(9-20)27-19(32)26-13-3-2-4-15(7-13)33-21(22,23)24/h2-7,10,14H,8-9,11-12H2,1H3,(H2,26,27,32). The first-order chi connectivity index (χ1) is 15.6. The third kappa shape index (κ3) is 4.26. The summed E-state index contributed by atoms with van der Waals surface area (Å²) in [5, 5.41) is 9.66. The lowest BCUT2D eigenvalue weighted by molar-refractivity contribution is -0.0582. The van der Waals surface area contributed by atoms with E-state index in [4.69, 9.17) is 0 Å². The van der Waals surface area contributed by atoms with Crippen molar-refractivity contribution >= 4 is 35.0 Å². The Bertz CT molecular complexity index is 1220. The lowest BCUT2D eigenvalue weighted by Gasteiger charge is -2.58. The maximum Gasteiger partial charge on any atom is 0.446 e. The Labute approximate surface area is 191 Å². The van der Waals surface area contributed by atoms with E-state index in [0.29, 0.717) is 24.3 Å². The highest BCUT2D eigenvalue weighted by Gasteiger charge is 2.54. The van der Waals surface area contributed by atoms with Crippen LogP contribution in [0.15, 0.2) is 47.8 Å². The third-order valence-corrected chi connectivity index (χ3v) is 6.85. The fourth-order valence-electron chi connectivity index (χ4n) is 4.75. The highest BCUT2D eigenvalue weighted by Crippen LogP contribution is 2.48. The number of urea groups is 1. The Kier molecular flexibility index (Phi) is 5.07. The van der Waals surface area contributed by atoms with E-state index in [0.717, 1.165) is 18.5 Å². The molecule has 1 aliphatic heterocycles. The summed E-state index contributed by atoms with van der Waals surface area (Å²) < 4.78 is 41.1. The minimum absolute atomic E-state index is 0.00756. The van der Waals surface area contributed by atoms with Crippen LogP contribution < -0.4 is 10.6 Å². The van der Waals surface area contributed by atoms with Crippen LogP contribution in [0.4, 0.5) is 23.7 Å². The SMILES string of the molecule is Cn1ccn2ncc(C(=O)N3CC4(CC(NC(=O)Nc5cccc(SC(F)(F)F)c5)C4)C3)c12. The van der Waals surface area contributed by atoms with Gasteiger partial charge in [-0.2, -0.15) is 18.3 Å². The van der Waals surface area contributed by atoms with Gasteiger partial charge in [-0.15, -0.1) is 0 Å². The maximum atomic E-state index is 12.9. The van der Waals surface area contributed by atoms with E-state index < -0.39 is 11.5 Å². The number of carbonyl (C=O) groups excluding carboxylic acids is 2. The molecule has 1 spiro atoms. The molecule has 5 rings (SSSR count). The number of likely N-dealkylation sites (tertiary alicyclic amines) is 1. The van der Waals surface area contributed by atoms with E-state index in [-0.39, 0.29) is 34.0 Å². The van der Waals surface area contributed by atoms with Crippen molar-refractivity contribution in [2.24, 2.45) is 12.5 Å². The van der Waals surface area contributed by atoms with Crippen LogP contribution in [-0.4, -0.2) is 55.7 Å². The summed E-state index contributed by atoms with van der Waals surface area (Å²) in [5.74, 6) is -0.0526. The monoisotopic (exact) mass is 478 g/mol. The predicted molar refractivity (Wildman–Crippen MR) is 116 cm³/mol. The molecule has 2 aliphatic rings. The number of halogens is 3. The summed E-state index contributed by atoms with van der Waals surface area (Å²) in [6.45, 7) is 1.26. The normalized spacial score (nSPS) is 17.6. The van der Waals surface area contributed by atoms with Crippen LogP contribution in [0.1, 0.15) is 23.2 Å². The molecule has 1 aliphatic carbocycles. The molecule has 1 saturated carbocycles. The molecular weight excluding hydrogens is 457 g/mol. The number of amides is 3. The van der Waals surface area contributed by atoms with Gasteiger partial charge >= 0.3 is 11.5 Å². The van der Waals surface area contributed by atoms with Crippen LogP contribution in [0, 0.1) is 5.41 Å². The molecule has 1 saturated heterocycles. The second-order valence-corrected chi connectivity index (χ2v) is 9.81. The second-order valence-electron chi connectivity index (χ2n) is 8.68. The number of imidazole rings is 1. The molecule has 8 nitrogen and oxygen atoms in total. The van der Waals surface area contributed by atoms with Gasteiger partial charge in [0.25, 0.3) is 5.91 Å². The molecule has 12 heteroatoms. The number of fused-ring (bicyclic) bond motifs is 1. The largest absolute Gasteiger partial charge is 0.446 e. The van der Waals surface area contributed by atoms with Gasteiger partial charge in [0.2, 0.25) is 0 Å². The van der Waals surface area contributed by atoms with Gasteiger partial charge in [0.15, 0.2) is 0 Å². The average Bonchev–Trinajstić information content (AvgIpc) is 3.24. The molecule has 2 N–H and O–H groups in total. The van der Waals surface area contributed by atoms with Crippen molar-refractivity contribution in [1.29, 1.82) is 0 Å². The van der Waals surface area contributed by atoms with Gasteiger partial charge < -0.3 is 20.1 Å². The van der Waals surface area contributed by atoms with Crippen molar-refractivity contribution in [3.8, 4) is 0 Å². The summed E-state index contributed by atoms with van der Waals surface area (Å²) >= 11 is -0.225. The first kappa shape index (κ1) is 21.7. The summed E-state index contributed by atoms with van der Waals surface area (Å²) in [4.78, 5) is 26.9. The zero-order valence-electron chi connectivity index (χ0n) is 17.6. The molecule has 174 valence electrons. The average molecular weight is 479 g/mol. The number of aromatic nitrogens is 3. The molecule has 0 atom stereocenters. The van der Waals surface area contributed by atoms with Crippen LogP contribution in [0.5, 0.6) is 0 Å². The summed E-state index contributed by atoms with van der Waals surface area (Å²) in [5.41, 5.74) is -2.76. The highest BCUT2D eigenvalue weighted by atomic mass is 32.2. The number of rotatable bonds is 4. The van der Waals surface area contributed by atoms with E-state index >= 15 is 0 Å². The van der Waals surface area contributed by atoms with Crippen molar-refractivity contribution in [2.45, 2.75) is 29.3 Å². The second kappa shape index (κ2) is 7.72. The molecule has 0 bridgehead atoms. The van der Waals surface area contributed by atoms with Crippen LogP contribution in [0.3, 0.4) is 0 Å². The molecule has 1 aromatic carbocycles. The van der Waals surface area contributed by atoms with Gasteiger partial charge in [-0.05, 0) is 42.8 Å². The smallest absolute Gasteiger partial charge is 0.337 e. The third-order valence-electron chi connectivity index (χ3n) is 6.12. The maximum absolute atomic E-state index is 12.9. The summed E-state index contributed by atoms with van der Waals surface area (Å²) in [7, 11) is 1.87. The molecule has 2 fully saturated rings. The molecule has 33 heavy (non-hydrogen) atoms. The van der Waals surface area contributed by atoms with E-state index in [2.05, 4.69) is 15.7 Å². The van der Waals surface area contributed by atoms with Crippen molar-refractivity contribution in [1.82, 2.24) is 24.4 Å². The van der Waals surface area contributed by atoms with Crippen molar-refractivity contribution in [3.05, 3.63) is 48.4 Å². The minimum Gasteiger partial charge on any atom is -0.337 e. The van der Waals surface area contributed by atoms with Crippen molar-refractivity contribution in [2.75, 3.05) is 18.4 Å². The van der Waals surface area contributed by atoms with Crippen LogP contribution in [-0.2, 0) is 7.05 Å². The Hall–Kier alpha value is -3.15. The molecule has 0 unspecified atom stereocenters. The quantitative estimate of drug-likeness (QED) is 0.560. The number of hydrogen-bond donors (Lipinski definition) is 2. The fourth-order valence-corrected chi connectivity index (χ4v) is 5.35. The Balaban J connectivity index is 1.10. The van der Waals surface area contributed by atoms with Crippen LogP contribution in [0.2, 0.25) is 0 Å². The first-order valence-corrected chi connectivity index (χ1v) is 11.1. The number of hydrogen-bond acceptors (Lipinski definition) is 4. The lowest BCUT2D eigenvalue weighted by Crippen LogP contribution is -2.67. The molecule has 2 aromatic heterocycles. The zero-order chi connectivity index (χ0) is 23.4. The lowest BCUT2D eigenvalue weighted by atomic mass is 9.60. The van der Waals surface area contributed by atoms with Crippen LogP contribution >= 0.6 is 11.8 Å². The van der Waals surface area contributed by atoms with Crippen molar-refractivity contribution < 1.29 is 22.8 Å². The first-order valence-electron chi connectivity index (χ1n) is 10.3. The van der Waals surface area contributed by atoms with Gasteiger partial charge in [0.05, 0.1) is 6.20 Å². The molecule has 3 heterocycles. The van der Waals surface area contributed by atoms with Gasteiger partial charge in [0, 0.05) is 54.6 Å². The van der Waals surface area contributed by atoms with E-state index in [1.54, 1.807) is 21.8 Å². The minimum atomic E-state index is -4.38. The highest BCUT2D eigenvalue weighted by molar-refractivity contribution is 8.00. The van der Waals surface area contributed by atoms with E-state index in [9.17, 15) is 22.8 Å². The molecule has 3 aromatic rings. The topological polar surface area (TPSA) is 83.7 Å². The van der Waals surface area contributed by atoms with E-state index in [1.165, 1.54) is 24.3 Å². The molecule has 3 amide bonds. The molecular formula is C21H21F3N6O2S. The Morgan fingerprint density at radius 2 is 1.97 bits per heavy atom. The number of thioether (sulfide) groups is 1. The number of nitrogens with one attached hydrogen (secondary N) is 2. The van der Waals surface area contributed by atoms with Gasteiger partial charge in [-0.1, -0.05) is 6.07 Å². The fraction of sp³-hybridized carbons (Fsp3) is 0.381. The zero-order valence-corrected chi connectivity index (χ0v) is 18.4. The van der Waals surface area contributed by atoms with Crippen molar-refractivity contribution in [3.63, 3.8) is 0 Å².